The summed E-state index contributed by atoms with van der Waals surface area (Å²) in [4.78, 5) is 2.35. The van der Waals surface area contributed by atoms with E-state index in [1.807, 2.05) is 6.07 Å². The summed E-state index contributed by atoms with van der Waals surface area (Å²) in [7, 11) is 0. The van der Waals surface area contributed by atoms with Crippen molar-refractivity contribution in [2.45, 2.75) is 39.2 Å². The summed E-state index contributed by atoms with van der Waals surface area (Å²) in [5, 5.41) is 0. The van der Waals surface area contributed by atoms with E-state index in [2.05, 4.69) is 60.4 Å². The number of aryl methyl sites for hydroxylation is 1. The second-order valence-electron chi connectivity index (χ2n) is 6.36. The number of para-hydroxylation sites is 1. The van der Waals surface area contributed by atoms with Crippen LogP contribution in [-0.4, -0.2) is 30.5 Å². The molecule has 0 fully saturated rings. The molecule has 2 aromatic rings. The van der Waals surface area contributed by atoms with Gasteiger partial charge in [0, 0.05) is 25.5 Å². The van der Waals surface area contributed by atoms with Gasteiger partial charge < -0.3 is 4.74 Å². The average molecular weight is 360 g/mol. The Bertz CT molecular complexity index is 588. The third-order valence-corrected chi connectivity index (χ3v) is 4.51. The van der Waals surface area contributed by atoms with Crippen molar-refractivity contribution in [1.82, 2.24) is 4.90 Å². The van der Waals surface area contributed by atoms with Gasteiger partial charge in [0.25, 0.3) is 0 Å². The molecular formula is C22H30ClNO. The highest BCUT2D eigenvalue weighted by Gasteiger charge is 2.07. The molecule has 0 N–H and O–H groups in total. The molecule has 2 aromatic carbocycles. The molecule has 0 aliphatic heterocycles. The lowest BCUT2D eigenvalue weighted by atomic mass is 10.1. The van der Waals surface area contributed by atoms with Crippen LogP contribution in [0.15, 0.2) is 54.6 Å². The number of benzene rings is 2. The van der Waals surface area contributed by atoms with Crippen molar-refractivity contribution in [3.8, 4) is 5.75 Å². The third-order valence-electron chi connectivity index (χ3n) is 4.34. The second-order valence-corrected chi connectivity index (χ2v) is 6.74. The summed E-state index contributed by atoms with van der Waals surface area (Å²) < 4.78 is 6.10. The number of alkyl halides is 1. The molecule has 0 heterocycles. The SMILES string of the molecule is CCCCCc1ccccc1OCCN(CCCl)Cc1ccccc1. The van der Waals surface area contributed by atoms with Crippen molar-refractivity contribution >= 4 is 11.6 Å². The highest BCUT2D eigenvalue weighted by Crippen LogP contribution is 2.20. The van der Waals surface area contributed by atoms with E-state index < -0.39 is 0 Å². The normalized spacial score (nSPS) is 11.0. The first-order valence-electron chi connectivity index (χ1n) is 9.36. The number of hydrogen-bond donors (Lipinski definition) is 0. The predicted molar refractivity (Wildman–Crippen MR) is 108 cm³/mol. The van der Waals surface area contributed by atoms with Crippen molar-refractivity contribution in [2.75, 3.05) is 25.6 Å². The van der Waals surface area contributed by atoms with Crippen LogP contribution >= 0.6 is 11.6 Å². The van der Waals surface area contributed by atoms with Gasteiger partial charge in [0.05, 0.1) is 0 Å². The number of ether oxygens (including phenoxy) is 1. The summed E-state index contributed by atoms with van der Waals surface area (Å²) in [6.45, 7) is 5.59. The summed E-state index contributed by atoms with van der Waals surface area (Å²) in [6, 6.07) is 19.0. The average Bonchev–Trinajstić information content (AvgIpc) is 2.64. The number of rotatable bonds is 12. The Morgan fingerprint density at radius 3 is 2.44 bits per heavy atom. The molecule has 0 atom stereocenters. The van der Waals surface area contributed by atoms with Gasteiger partial charge in [0.1, 0.15) is 12.4 Å². The smallest absolute Gasteiger partial charge is 0.122 e. The minimum Gasteiger partial charge on any atom is -0.492 e. The highest BCUT2D eigenvalue weighted by atomic mass is 35.5. The Morgan fingerprint density at radius 1 is 0.920 bits per heavy atom. The van der Waals surface area contributed by atoms with Gasteiger partial charge in [0.15, 0.2) is 0 Å². The van der Waals surface area contributed by atoms with Crippen molar-refractivity contribution in [3.63, 3.8) is 0 Å². The molecule has 0 aliphatic rings. The summed E-state index contributed by atoms with van der Waals surface area (Å²) in [6.07, 6.45) is 4.84. The molecule has 0 unspecified atom stereocenters. The van der Waals surface area contributed by atoms with Gasteiger partial charge in [-0.3, -0.25) is 4.90 Å². The molecule has 3 heteroatoms. The fourth-order valence-electron chi connectivity index (χ4n) is 2.93. The largest absolute Gasteiger partial charge is 0.492 e. The van der Waals surface area contributed by atoms with Gasteiger partial charge in [-0.1, -0.05) is 68.3 Å². The van der Waals surface area contributed by atoms with E-state index in [0.29, 0.717) is 12.5 Å². The fraction of sp³-hybridized carbons (Fsp3) is 0.455. The predicted octanol–water partition coefficient (Wildman–Crippen LogP) is 5.54. The molecule has 0 radical (unpaired) electrons. The Labute approximate surface area is 157 Å². The van der Waals surface area contributed by atoms with Gasteiger partial charge in [-0.15, -0.1) is 11.6 Å². The summed E-state index contributed by atoms with van der Waals surface area (Å²) in [5.74, 6) is 1.67. The van der Waals surface area contributed by atoms with Gasteiger partial charge in [0.2, 0.25) is 0 Å². The Hall–Kier alpha value is -1.51. The second kappa shape index (κ2) is 11.9. The van der Waals surface area contributed by atoms with Crippen LogP contribution in [-0.2, 0) is 13.0 Å². The van der Waals surface area contributed by atoms with Crippen LogP contribution < -0.4 is 4.74 Å². The van der Waals surface area contributed by atoms with E-state index >= 15 is 0 Å². The van der Waals surface area contributed by atoms with Gasteiger partial charge in [-0.25, -0.2) is 0 Å². The van der Waals surface area contributed by atoms with Crippen LogP contribution in [0, 0.1) is 0 Å². The molecule has 0 saturated carbocycles. The van der Waals surface area contributed by atoms with Crippen LogP contribution in [0.4, 0.5) is 0 Å². The van der Waals surface area contributed by atoms with E-state index in [9.17, 15) is 0 Å². The Morgan fingerprint density at radius 2 is 1.68 bits per heavy atom. The topological polar surface area (TPSA) is 12.5 Å². The highest BCUT2D eigenvalue weighted by molar-refractivity contribution is 6.18. The Balaban J connectivity index is 1.85. The first-order valence-corrected chi connectivity index (χ1v) is 9.90. The number of nitrogens with zero attached hydrogens (tertiary/aromatic N) is 1. The van der Waals surface area contributed by atoms with Crippen LogP contribution in [0.2, 0.25) is 0 Å². The van der Waals surface area contributed by atoms with Crippen molar-refractivity contribution < 1.29 is 4.74 Å². The summed E-state index contributed by atoms with van der Waals surface area (Å²) in [5.41, 5.74) is 2.63. The van der Waals surface area contributed by atoms with Crippen LogP contribution in [0.25, 0.3) is 0 Å². The first kappa shape index (κ1) is 19.8. The molecule has 25 heavy (non-hydrogen) atoms. The number of hydrogen-bond acceptors (Lipinski definition) is 2. The van der Waals surface area contributed by atoms with Crippen LogP contribution in [0.1, 0.15) is 37.3 Å². The van der Waals surface area contributed by atoms with E-state index in [4.69, 9.17) is 16.3 Å². The van der Waals surface area contributed by atoms with Crippen molar-refractivity contribution in [3.05, 3.63) is 65.7 Å². The van der Waals surface area contributed by atoms with Gasteiger partial charge in [-0.05, 0) is 30.0 Å². The van der Waals surface area contributed by atoms with Crippen LogP contribution in [0.3, 0.4) is 0 Å². The quantitative estimate of drug-likeness (QED) is 0.364. The molecule has 0 amide bonds. The molecule has 0 saturated heterocycles. The molecule has 2 rings (SSSR count). The van der Waals surface area contributed by atoms with E-state index in [-0.39, 0.29) is 0 Å². The minimum absolute atomic E-state index is 0.639. The lowest BCUT2D eigenvalue weighted by molar-refractivity contribution is 0.210. The Kier molecular flexibility index (Phi) is 9.46. The van der Waals surface area contributed by atoms with Gasteiger partial charge >= 0.3 is 0 Å². The van der Waals surface area contributed by atoms with E-state index in [1.54, 1.807) is 0 Å². The van der Waals surface area contributed by atoms with E-state index in [1.165, 1.54) is 30.4 Å². The summed E-state index contributed by atoms with van der Waals surface area (Å²) >= 11 is 5.97. The maximum absolute atomic E-state index is 6.10. The third kappa shape index (κ3) is 7.50. The van der Waals surface area contributed by atoms with E-state index in [0.717, 1.165) is 31.8 Å². The maximum Gasteiger partial charge on any atom is 0.122 e. The van der Waals surface area contributed by atoms with Crippen molar-refractivity contribution in [2.24, 2.45) is 0 Å². The molecule has 0 bridgehead atoms. The first-order chi connectivity index (χ1) is 12.3. The molecule has 136 valence electrons. The molecule has 0 aromatic heterocycles. The monoisotopic (exact) mass is 359 g/mol. The van der Waals surface area contributed by atoms with Crippen LogP contribution in [0.5, 0.6) is 5.75 Å². The molecule has 2 nitrogen and oxygen atoms in total. The minimum atomic E-state index is 0.639. The molecular weight excluding hydrogens is 330 g/mol. The van der Waals surface area contributed by atoms with Gasteiger partial charge in [-0.2, -0.15) is 0 Å². The standard InChI is InChI=1S/C22H30ClNO/c1-2-3-5-12-21-13-8-9-14-22(21)25-18-17-24(16-15-23)19-20-10-6-4-7-11-20/h4,6-11,13-14H,2-3,5,12,15-19H2,1H3. The maximum atomic E-state index is 6.10. The lowest BCUT2D eigenvalue weighted by Gasteiger charge is -2.22. The zero-order valence-corrected chi connectivity index (χ0v) is 16.0. The number of halogens is 1. The molecule has 0 aliphatic carbocycles. The lowest BCUT2D eigenvalue weighted by Crippen LogP contribution is -2.30. The zero-order chi connectivity index (χ0) is 17.7. The molecule has 0 spiro atoms. The number of unbranched alkanes of at least 4 members (excludes halogenated alkanes) is 2. The van der Waals surface area contributed by atoms with Crippen molar-refractivity contribution in [1.29, 1.82) is 0 Å². The zero-order valence-electron chi connectivity index (χ0n) is 15.3. The fourth-order valence-corrected chi connectivity index (χ4v) is 3.17.